The maximum absolute atomic E-state index is 13.7. The van der Waals surface area contributed by atoms with Crippen molar-refractivity contribution in [2.45, 2.75) is 13.1 Å². The Bertz CT molecular complexity index is 877. The minimum Gasteiger partial charge on any atom is -0.337 e. The fourth-order valence-electron chi connectivity index (χ4n) is 2.56. The molecule has 0 saturated carbocycles. The molecular formula is C19H17F2N3O. The van der Waals surface area contributed by atoms with Crippen LogP contribution in [0.25, 0.3) is 0 Å². The van der Waals surface area contributed by atoms with E-state index in [0.29, 0.717) is 6.54 Å². The summed E-state index contributed by atoms with van der Waals surface area (Å²) in [6.45, 7) is 0.876. The van der Waals surface area contributed by atoms with E-state index in [1.54, 1.807) is 17.9 Å². The number of halogens is 2. The molecule has 0 fully saturated rings. The van der Waals surface area contributed by atoms with Crippen LogP contribution in [0.15, 0.2) is 60.9 Å². The van der Waals surface area contributed by atoms with Crippen LogP contribution >= 0.6 is 0 Å². The SMILES string of the molecule is CN(Cc1cnn(Cc2ccccc2)c1)C(=O)c1cc(F)ccc1F. The number of amides is 1. The molecule has 0 aliphatic carbocycles. The van der Waals surface area contributed by atoms with Crippen molar-refractivity contribution in [3.05, 3.63) is 89.2 Å². The first-order valence-electron chi connectivity index (χ1n) is 7.78. The molecule has 25 heavy (non-hydrogen) atoms. The van der Waals surface area contributed by atoms with Crippen LogP contribution < -0.4 is 0 Å². The predicted molar refractivity (Wildman–Crippen MR) is 89.9 cm³/mol. The van der Waals surface area contributed by atoms with Crippen LogP contribution in [0, 0.1) is 11.6 Å². The van der Waals surface area contributed by atoms with Crippen LogP contribution in [0.5, 0.6) is 0 Å². The third-order valence-electron chi connectivity index (χ3n) is 3.80. The molecule has 1 amide bonds. The lowest BCUT2D eigenvalue weighted by Gasteiger charge is -2.16. The molecule has 128 valence electrons. The summed E-state index contributed by atoms with van der Waals surface area (Å²) in [5.74, 6) is -1.96. The largest absolute Gasteiger partial charge is 0.337 e. The number of nitrogens with zero attached hydrogens (tertiary/aromatic N) is 3. The molecule has 1 heterocycles. The second-order valence-corrected chi connectivity index (χ2v) is 5.82. The van der Waals surface area contributed by atoms with Gasteiger partial charge >= 0.3 is 0 Å². The van der Waals surface area contributed by atoms with E-state index in [2.05, 4.69) is 5.10 Å². The van der Waals surface area contributed by atoms with Gasteiger partial charge in [0.25, 0.3) is 5.91 Å². The van der Waals surface area contributed by atoms with Gasteiger partial charge in [0.15, 0.2) is 0 Å². The molecule has 4 nitrogen and oxygen atoms in total. The fourth-order valence-corrected chi connectivity index (χ4v) is 2.56. The van der Waals surface area contributed by atoms with Crippen LogP contribution in [0.3, 0.4) is 0 Å². The van der Waals surface area contributed by atoms with Gasteiger partial charge in [0.05, 0.1) is 18.3 Å². The van der Waals surface area contributed by atoms with Crippen molar-refractivity contribution in [1.82, 2.24) is 14.7 Å². The summed E-state index contributed by atoms with van der Waals surface area (Å²) in [7, 11) is 1.54. The van der Waals surface area contributed by atoms with Crippen LogP contribution in [0.1, 0.15) is 21.5 Å². The third kappa shape index (κ3) is 4.09. The van der Waals surface area contributed by atoms with E-state index < -0.39 is 17.5 Å². The highest BCUT2D eigenvalue weighted by molar-refractivity contribution is 5.94. The second kappa shape index (κ2) is 7.25. The zero-order valence-electron chi connectivity index (χ0n) is 13.7. The van der Waals surface area contributed by atoms with Crippen molar-refractivity contribution in [2.24, 2.45) is 0 Å². The average molecular weight is 341 g/mol. The van der Waals surface area contributed by atoms with Gasteiger partial charge in [-0.1, -0.05) is 30.3 Å². The predicted octanol–water partition coefficient (Wildman–Crippen LogP) is 3.48. The van der Waals surface area contributed by atoms with E-state index in [1.165, 1.54) is 4.90 Å². The Morgan fingerprint density at radius 1 is 1.12 bits per heavy atom. The fraction of sp³-hybridized carbons (Fsp3) is 0.158. The van der Waals surface area contributed by atoms with Gasteiger partial charge < -0.3 is 4.90 Å². The van der Waals surface area contributed by atoms with E-state index in [4.69, 9.17) is 0 Å². The summed E-state index contributed by atoms with van der Waals surface area (Å²) in [6.07, 6.45) is 3.49. The molecule has 0 atom stereocenters. The molecule has 0 bridgehead atoms. The highest BCUT2D eigenvalue weighted by atomic mass is 19.1. The number of hydrogen-bond acceptors (Lipinski definition) is 2. The number of hydrogen-bond donors (Lipinski definition) is 0. The third-order valence-corrected chi connectivity index (χ3v) is 3.80. The number of aromatic nitrogens is 2. The Labute approximate surface area is 144 Å². The molecule has 3 aromatic rings. The molecule has 0 saturated heterocycles. The van der Waals surface area contributed by atoms with E-state index in [1.807, 2.05) is 36.5 Å². The van der Waals surface area contributed by atoms with Gasteiger partial charge in [0.1, 0.15) is 11.6 Å². The van der Waals surface area contributed by atoms with E-state index in [9.17, 15) is 13.6 Å². The molecular weight excluding hydrogens is 324 g/mol. The van der Waals surface area contributed by atoms with Crippen LogP contribution in [-0.2, 0) is 13.1 Å². The molecule has 0 spiro atoms. The molecule has 0 N–H and O–H groups in total. The van der Waals surface area contributed by atoms with Gasteiger partial charge in [-0.25, -0.2) is 8.78 Å². The second-order valence-electron chi connectivity index (χ2n) is 5.82. The van der Waals surface area contributed by atoms with Crippen LogP contribution in [0.2, 0.25) is 0 Å². The normalized spacial score (nSPS) is 10.7. The number of carbonyl (C=O) groups is 1. The van der Waals surface area contributed by atoms with Crippen molar-refractivity contribution in [3.63, 3.8) is 0 Å². The molecule has 6 heteroatoms. The average Bonchev–Trinajstić information content (AvgIpc) is 3.04. The molecule has 3 rings (SSSR count). The van der Waals surface area contributed by atoms with Gasteiger partial charge in [-0.3, -0.25) is 9.48 Å². The molecule has 1 aromatic heterocycles. The maximum atomic E-state index is 13.7. The van der Waals surface area contributed by atoms with E-state index >= 15 is 0 Å². The highest BCUT2D eigenvalue weighted by Crippen LogP contribution is 2.14. The van der Waals surface area contributed by atoms with Crippen molar-refractivity contribution in [2.75, 3.05) is 7.05 Å². The first kappa shape index (κ1) is 16.8. The number of carbonyl (C=O) groups excluding carboxylic acids is 1. The summed E-state index contributed by atoms with van der Waals surface area (Å²) >= 11 is 0. The van der Waals surface area contributed by atoms with Crippen LogP contribution in [0.4, 0.5) is 8.78 Å². The van der Waals surface area contributed by atoms with Crippen molar-refractivity contribution in [1.29, 1.82) is 0 Å². The quantitative estimate of drug-likeness (QED) is 0.713. The number of rotatable bonds is 5. The lowest BCUT2D eigenvalue weighted by Crippen LogP contribution is -2.27. The lowest BCUT2D eigenvalue weighted by atomic mass is 10.1. The first-order valence-corrected chi connectivity index (χ1v) is 7.78. The maximum Gasteiger partial charge on any atom is 0.256 e. The lowest BCUT2D eigenvalue weighted by molar-refractivity contribution is 0.0780. The summed E-state index contributed by atoms with van der Waals surface area (Å²) in [5, 5.41) is 4.27. The Morgan fingerprint density at radius 3 is 2.64 bits per heavy atom. The molecule has 0 radical (unpaired) electrons. The summed E-state index contributed by atoms with van der Waals surface area (Å²) in [4.78, 5) is 13.6. The first-order chi connectivity index (χ1) is 12.0. The van der Waals surface area contributed by atoms with Gasteiger partial charge in [-0.05, 0) is 23.8 Å². The smallest absolute Gasteiger partial charge is 0.256 e. The van der Waals surface area contributed by atoms with Crippen LogP contribution in [-0.4, -0.2) is 27.6 Å². The molecule has 2 aromatic carbocycles. The van der Waals surface area contributed by atoms with Gasteiger partial charge in [0.2, 0.25) is 0 Å². The Hall–Kier alpha value is -3.02. The van der Waals surface area contributed by atoms with E-state index in [0.717, 1.165) is 29.3 Å². The Balaban J connectivity index is 1.68. The summed E-state index contributed by atoms with van der Waals surface area (Å²) in [5.41, 5.74) is 1.64. The Kier molecular flexibility index (Phi) is 4.88. The number of benzene rings is 2. The topological polar surface area (TPSA) is 38.1 Å². The minimum atomic E-state index is -0.738. The molecule has 0 aliphatic heterocycles. The van der Waals surface area contributed by atoms with Crippen molar-refractivity contribution in [3.8, 4) is 0 Å². The van der Waals surface area contributed by atoms with Crippen molar-refractivity contribution >= 4 is 5.91 Å². The molecule has 0 unspecified atom stereocenters. The zero-order valence-corrected chi connectivity index (χ0v) is 13.7. The van der Waals surface area contributed by atoms with Gasteiger partial charge in [-0.15, -0.1) is 0 Å². The molecule has 0 aliphatic rings. The monoisotopic (exact) mass is 341 g/mol. The van der Waals surface area contributed by atoms with E-state index in [-0.39, 0.29) is 12.1 Å². The van der Waals surface area contributed by atoms with Gasteiger partial charge in [0, 0.05) is 25.4 Å². The zero-order chi connectivity index (χ0) is 17.8. The summed E-state index contributed by atoms with van der Waals surface area (Å²) in [6, 6.07) is 12.7. The van der Waals surface area contributed by atoms with Gasteiger partial charge in [-0.2, -0.15) is 5.10 Å². The summed E-state index contributed by atoms with van der Waals surface area (Å²) < 4.78 is 28.8. The Morgan fingerprint density at radius 2 is 1.88 bits per heavy atom. The minimum absolute atomic E-state index is 0.254. The van der Waals surface area contributed by atoms with Crippen molar-refractivity contribution < 1.29 is 13.6 Å². The standard InChI is InChI=1S/C19H17F2N3O/c1-23(19(25)17-9-16(20)7-8-18(17)21)11-15-10-22-24(13-15)12-14-5-3-2-4-6-14/h2-10,13H,11-12H2,1H3. The highest BCUT2D eigenvalue weighted by Gasteiger charge is 2.17.